The number of thiophene rings is 1. The van der Waals surface area contributed by atoms with E-state index in [1.165, 1.54) is 4.88 Å². The van der Waals surface area contributed by atoms with Crippen LogP contribution >= 0.6 is 11.3 Å². The monoisotopic (exact) mass is 351 g/mol. The zero-order valence-corrected chi connectivity index (χ0v) is 14.8. The largest absolute Gasteiger partial charge is 0.381 e. The number of pyridine rings is 1. The molecule has 7 heteroatoms. The Bertz CT molecular complexity index is 1080. The smallest absolute Gasteiger partial charge is 0.181 e. The van der Waals surface area contributed by atoms with Gasteiger partial charge in [-0.3, -0.25) is 4.68 Å². The van der Waals surface area contributed by atoms with Crippen molar-refractivity contribution in [3.05, 3.63) is 35.6 Å². The van der Waals surface area contributed by atoms with Gasteiger partial charge in [0.1, 0.15) is 4.83 Å². The summed E-state index contributed by atoms with van der Waals surface area (Å²) >= 11 is 1.77. The molecule has 0 atom stereocenters. The molecule has 0 saturated heterocycles. The topological polar surface area (TPSA) is 65.7 Å². The Labute approximate surface area is 148 Å². The molecule has 25 heavy (non-hydrogen) atoms. The molecular weight excluding hydrogens is 334 g/mol. The molecule has 0 bridgehead atoms. The molecule has 126 valence electrons. The molecule has 1 saturated carbocycles. The second-order valence-corrected chi connectivity index (χ2v) is 7.63. The molecule has 0 spiro atoms. The Morgan fingerprint density at radius 1 is 1.16 bits per heavy atom. The van der Waals surface area contributed by atoms with Crippen LogP contribution in [-0.2, 0) is 11.8 Å². The van der Waals surface area contributed by atoms with Crippen molar-refractivity contribution in [1.82, 2.24) is 24.7 Å². The van der Waals surface area contributed by atoms with E-state index in [4.69, 9.17) is 9.72 Å². The number of ether oxygens (including phenoxy) is 1. The van der Waals surface area contributed by atoms with Crippen molar-refractivity contribution in [2.75, 3.05) is 7.11 Å². The summed E-state index contributed by atoms with van der Waals surface area (Å²) in [7, 11) is 3.68. The van der Waals surface area contributed by atoms with Gasteiger partial charge in [-0.1, -0.05) is 0 Å². The highest BCUT2D eigenvalue weighted by Crippen LogP contribution is 2.42. The van der Waals surface area contributed by atoms with Crippen molar-refractivity contribution in [3.63, 3.8) is 0 Å². The Morgan fingerprint density at radius 3 is 2.88 bits per heavy atom. The first kappa shape index (κ1) is 14.9. The number of rotatable bonds is 3. The third-order valence-electron chi connectivity index (χ3n) is 4.85. The normalized spacial score (nSPS) is 20.2. The molecule has 5 rings (SSSR count). The van der Waals surface area contributed by atoms with Crippen LogP contribution in [0.3, 0.4) is 0 Å². The summed E-state index contributed by atoms with van der Waals surface area (Å²) in [6, 6.07) is 4.27. The summed E-state index contributed by atoms with van der Waals surface area (Å²) in [5.41, 5.74) is 1.66. The van der Waals surface area contributed by atoms with Crippen molar-refractivity contribution in [2.45, 2.75) is 24.9 Å². The van der Waals surface area contributed by atoms with Crippen LogP contribution in [0.4, 0.5) is 0 Å². The predicted molar refractivity (Wildman–Crippen MR) is 97.7 cm³/mol. The Morgan fingerprint density at radius 2 is 2.04 bits per heavy atom. The van der Waals surface area contributed by atoms with Crippen LogP contribution in [0.25, 0.3) is 32.6 Å². The second kappa shape index (κ2) is 5.57. The van der Waals surface area contributed by atoms with Crippen LogP contribution < -0.4 is 0 Å². The average molecular weight is 351 g/mol. The van der Waals surface area contributed by atoms with E-state index < -0.39 is 0 Å². The van der Waals surface area contributed by atoms with E-state index >= 15 is 0 Å². The Balaban J connectivity index is 1.50. The molecule has 4 aromatic heterocycles. The number of aromatic nitrogens is 5. The van der Waals surface area contributed by atoms with Gasteiger partial charge in [-0.05, 0) is 30.9 Å². The molecule has 1 aliphatic carbocycles. The predicted octanol–water partition coefficient (Wildman–Crippen LogP) is 3.53. The maximum Gasteiger partial charge on any atom is 0.181 e. The first-order valence-electron chi connectivity index (χ1n) is 8.28. The van der Waals surface area contributed by atoms with Crippen LogP contribution in [0.15, 0.2) is 30.7 Å². The van der Waals surface area contributed by atoms with Gasteiger partial charge in [0.2, 0.25) is 0 Å². The fourth-order valence-corrected chi connectivity index (χ4v) is 4.47. The molecule has 4 aromatic rings. The molecular formula is C18H17N5OS. The average Bonchev–Trinajstić information content (AvgIpc) is 3.14. The summed E-state index contributed by atoms with van der Waals surface area (Å²) in [4.78, 5) is 16.1. The second-order valence-electron chi connectivity index (χ2n) is 6.57. The Kier molecular flexibility index (Phi) is 3.33. The van der Waals surface area contributed by atoms with E-state index in [9.17, 15) is 0 Å². The van der Waals surface area contributed by atoms with Crippen molar-refractivity contribution >= 4 is 32.6 Å². The standard InChI is InChI=1S/C18H17N5OS/c1-23-9-13-3-11(7-20-17(13)22-23)16-19-8-12-6-15(25-18(12)21-16)10-4-14(5-10)24-2/h3,6-10,14H,4-5H2,1-2H3/t10-,14-. The first-order chi connectivity index (χ1) is 12.2. The lowest BCUT2D eigenvalue weighted by molar-refractivity contribution is 0.0266. The van der Waals surface area contributed by atoms with Gasteiger partial charge in [0.05, 0.1) is 6.10 Å². The van der Waals surface area contributed by atoms with Crippen LogP contribution in [0.2, 0.25) is 0 Å². The highest BCUT2D eigenvalue weighted by Gasteiger charge is 2.31. The summed E-state index contributed by atoms with van der Waals surface area (Å²) < 4.78 is 7.16. The van der Waals surface area contributed by atoms with Gasteiger partial charge in [-0.15, -0.1) is 11.3 Å². The van der Waals surface area contributed by atoms with Crippen LogP contribution in [0.5, 0.6) is 0 Å². The molecule has 0 aliphatic heterocycles. The lowest BCUT2D eigenvalue weighted by Crippen LogP contribution is -2.27. The highest BCUT2D eigenvalue weighted by atomic mass is 32.1. The number of hydrogen-bond acceptors (Lipinski definition) is 6. The SMILES string of the molecule is CO[C@H]1C[C@H](c2cc3cnc(-c4cnc5nn(C)cc5c4)nc3s2)C1. The van der Waals surface area contributed by atoms with Crippen LogP contribution in [-0.4, -0.2) is 37.9 Å². The molecule has 0 unspecified atom stereocenters. The molecule has 1 fully saturated rings. The number of aryl methyl sites for hydroxylation is 1. The summed E-state index contributed by atoms with van der Waals surface area (Å²) in [6.45, 7) is 0. The van der Waals surface area contributed by atoms with E-state index in [0.717, 1.165) is 39.7 Å². The van der Waals surface area contributed by atoms with Gasteiger partial charge < -0.3 is 4.74 Å². The van der Waals surface area contributed by atoms with E-state index in [1.807, 2.05) is 25.5 Å². The number of fused-ring (bicyclic) bond motifs is 2. The lowest BCUT2D eigenvalue weighted by atomic mass is 9.81. The zero-order valence-electron chi connectivity index (χ0n) is 14.0. The molecule has 6 nitrogen and oxygen atoms in total. The van der Waals surface area contributed by atoms with Crippen molar-refractivity contribution in [2.24, 2.45) is 7.05 Å². The molecule has 0 aromatic carbocycles. The highest BCUT2D eigenvalue weighted by molar-refractivity contribution is 7.18. The fourth-order valence-electron chi connectivity index (χ4n) is 3.34. The third-order valence-corrected chi connectivity index (χ3v) is 6.06. The summed E-state index contributed by atoms with van der Waals surface area (Å²) in [5, 5.41) is 6.41. The van der Waals surface area contributed by atoms with Crippen molar-refractivity contribution in [1.29, 1.82) is 0 Å². The fraction of sp³-hybridized carbons (Fsp3) is 0.333. The number of methoxy groups -OCH3 is 1. The minimum Gasteiger partial charge on any atom is -0.381 e. The van der Waals surface area contributed by atoms with Gasteiger partial charge in [0, 0.05) is 54.0 Å². The van der Waals surface area contributed by atoms with Crippen molar-refractivity contribution < 1.29 is 4.74 Å². The minimum atomic E-state index is 0.411. The van der Waals surface area contributed by atoms with E-state index in [2.05, 4.69) is 21.1 Å². The minimum absolute atomic E-state index is 0.411. The van der Waals surface area contributed by atoms with Crippen LogP contribution in [0.1, 0.15) is 23.6 Å². The van der Waals surface area contributed by atoms with Gasteiger partial charge in [0.15, 0.2) is 11.5 Å². The number of nitrogens with zero attached hydrogens (tertiary/aromatic N) is 5. The molecule has 4 heterocycles. The Hall–Kier alpha value is -2.38. The van der Waals surface area contributed by atoms with Crippen molar-refractivity contribution in [3.8, 4) is 11.4 Å². The van der Waals surface area contributed by atoms with Gasteiger partial charge in [-0.25, -0.2) is 15.0 Å². The van der Waals surface area contributed by atoms with E-state index in [1.54, 1.807) is 29.3 Å². The third kappa shape index (κ3) is 2.51. The molecule has 0 amide bonds. The van der Waals surface area contributed by atoms with E-state index in [0.29, 0.717) is 17.8 Å². The summed E-state index contributed by atoms with van der Waals surface area (Å²) in [5.74, 6) is 1.31. The lowest BCUT2D eigenvalue weighted by Gasteiger charge is -2.33. The number of hydrogen-bond donors (Lipinski definition) is 0. The van der Waals surface area contributed by atoms with E-state index in [-0.39, 0.29) is 0 Å². The van der Waals surface area contributed by atoms with Gasteiger partial charge in [-0.2, -0.15) is 5.10 Å². The maximum atomic E-state index is 5.39. The summed E-state index contributed by atoms with van der Waals surface area (Å²) in [6.07, 6.45) is 8.28. The maximum absolute atomic E-state index is 5.39. The first-order valence-corrected chi connectivity index (χ1v) is 9.10. The van der Waals surface area contributed by atoms with Gasteiger partial charge >= 0.3 is 0 Å². The molecule has 0 N–H and O–H groups in total. The quantitative estimate of drug-likeness (QED) is 0.565. The van der Waals surface area contributed by atoms with Crippen LogP contribution in [0, 0.1) is 0 Å². The molecule has 1 aliphatic rings. The zero-order chi connectivity index (χ0) is 17.0. The molecule has 0 radical (unpaired) electrons. The van der Waals surface area contributed by atoms with Gasteiger partial charge in [0.25, 0.3) is 0 Å².